The molecule has 0 radical (unpaired) electrons. The molecule has 1 fully saturated rings. The first kappa shape index (κ1) is 12.3. The number of carbonyl (C=O) groups excluding carboxylic acids is 1. The van der Waals surface area contributed by atoms with Crippen molar-refractivity contribution in [3.63, 3.8) is 0 Å². The fourth-order valence-corrected chi connectivity index (χ4v) is 2.91. The van der Waals surface area contributed by atoms with Crippen LogP contribution in [-0.2, 0) is 16.1 Å². The summed E-state index contributed by atoms with van der Waals surface area (Å²) in [5.41, 5.74) is 6.87. The van der Waals surface area contributed by atoms with E-state index in [1.54, 1.807) is 6.08 Å². The highest BCUT2D eigenvalue weighted by Gasteiger charge is 2.24. The molecule has 0 aromatic rings. The molecule has 2 aliphatic rings. The van der Waals surface area contributed by atoms with Gasteiger partial charge in [-0.05, 0) is 37.4 Å². The smallest absolute Gasteiger partial charge is 0.244 e. The number of primary amides is 1. The minimum absolute atomic E-state index is 0.402. The first-order chi connectivity index (χ1) is 8.22. The molecule has 1 heterocycles. The molecule has 3 N–H and O–H groups in total. The van der Waals surface area contributed by atoms with Gasteiger partial charge in [0.15, 0.2) is 0 Å². The fourth-order valence-electron chi connectivity index (χ4n) is 2.36. The van der Waals surface area contributed by atoms with Gasteiger partial charge in [0.05, 0.1) is 16.1 Å². The number of nitrogens with two attached hydrogens (primary N) is 1. The second-order valence-corrected chi connectivity index (χ2v) is 5.05. The van der Waals surface area contributed by atoms with E-state index < -0.39 is 5.91 Å². The average Bonchev–Trinajstić information content (AvgIpc) is 2.39. The first-order valence-corrected chi connectivity index (χ1v) is 6.54. The largest absolute Gasteiger partial charge is 0.366 e. The summed E-state index contributed by atoms with van der Waals surface area (Å²) in [4.78, 5) is 11.8. The van der Waals surface area contributed by atoms with Crippen LogP contribution >= 0.6 is 0 Å². The van der Waals surface area contributed by atoms with Crippen molar-refractivity contribution in [3.8, 4) is 0 Å². The van der Waals surface area contributed by atoms with Crippen LogP contribution < -0.4 is 11.1 Å². The molecule has 5 heteroatoms. The SMILES string of the molecule is NC(=O)C1=CC=C(C2CCNCC2)C(=S=O)C1. The van der Waals surface area contributed by atoms with Crippen molar-refractivity contribution in [2.75, 3.05) is 13.1 Å². The third kappa shape index (κ3) is 2.73. The van der Waals surface area contributed by atoms with Gasteiger partial charge in [-0.3, -0.25) is 4.79 Å². The zero-order chi connectivity index (χ0) is 12.3. The molecule has 0 bridgehead atoms. The lowest BCUT2D eigenvalue weighted by atomic mass is 9.83. The molecule has 0 atom stereocenters. The van der Waals surface area contributed by atoms with E-state index in [-0.39, 0.29) is 0 Å². The Morgan fingerprint density at radius 3 is 2.65 bits per heavy atom. The Morgan fingerprint density at radius 2 is 2.06 bits per heavy atom. The van der Waals surface area contributed by atoms with Gasteiger partial charge in [0.25, 0.3) is 0 Å². The first-order valence-electron chi connectivity index (χ1n) is 5.79. The third-order valence-electron chi connectivity index (χ3n) is 3.33. The molecule has 2 rings (SSSR count). The summed E-state index contributed by atoms with van der Waals surface area (Å²) in [6.45, 7) is 1.98. The summed E-state index contributed by atoms with van der Waals surface area (Å²) in [6, 6.07) is 0. The second kappa shape index (κ2) is 5.42. The number of amides is 1. The highest BCUT2D eigenvalue weighted by atomic mass is 32.1. The van der Waals surface area contributed by atoms with Gasteiger partial charge < -0.3 is 11.1 Å². The van der Waals surface area contributed by atoms with E-state index >= 15 is 0 Å². The predicted octanol–water partition coefficient (Wildman–Crippen LogP) is 0.113. The molecule has 1 saturated heterocycles. The molecule has 4 nitrogen and oxygen atoms in total. The lowest BCUT2D eigenvalue weighted by Crippen LogP contribution is -2.31. The molecule has 1 amide bonds. The minimum Gasteiger partial charge on any atom is -0.366 e. The van der Waals surface area contributed by atoms with E-state index in [1.807, 2.05) is 6.08 Å². The molecular weight excluding hydrogens is 236 g/mol. The Hall–Kier alpha value is -1.20. The lowest BCUT2D eigenvalue weighted by Gasteiger charge is -2.27. The van der Waals surface area contributed by atoms with Crippen LogP contribution in [0.25, 0.3) is 0 Å². The van der Waals surface area contributed by atoms with Crippen molar-refractivity contribution >= 4 is 22.0 Å². The van der Waals surface area contributed by atoms with Crippen molar-refractivity contribution < 1.29 is 9.00 Å². The second-order valence-electron chi connectivity index (χ2n) is 4.39. The highest BCUT2D eigenvalue weighted by Crippen LogP contribution is 2.27. The van der Waals surface area contributed by atoms with Gasteiger partial charge in [0, 0.05) is 12.0 Å². The van der Waals surface area contributed by atoms with E-state index in [0.717, 1.165) is 36.4 Å². The van der Waals surface area contributed by atoms with Crippen molar-refractivity contribution in [2.24, 2.45) is 11.7 Å². The van der Waals surface area contributed by atoms with Crippen molar-refractivity contribution in [1.82, 2.24) is 5.32 Å². The molecular formula is C12H16N2O2S. The van der Waals surface area contributed by atoms with Crippen LogP contribution in [0.5, 0.6) is 0 Å². The maximum Gasteiger partial charge on any atom is 0.244 e. The number of rotatable bonds is 2. The zero-order valence-corrected chi connectivity index (χ0v) is 10.4. The Kier molecular flexibility index (Phi) is 3.91. The van der Waals surface area contributed by atoms with Gasteiger partial charge in [0.1, 0.15) is 0 Å². The molecule has 17 heavy (non-hydrogen) atoms. The molecule has 0 saturated carbocycles. The minimum atomic E-state index is -0.433. The van der Waals surface area contributed by atoms with E-state index in [2.05, 4.69) is 5.32 Å². The number of hydrogen-bond donors (Lipinski definition) is 2. The standard InChI is InChI=1S/C12H16N2O2S/c13-12(15)9-1-2-10(11(7-9)17-16)8-3-5-14-6-4-8/h1-2,8,14H,3-7H2,(H2,13,15). The summed E-state index contributed by atoms with van der Waals surface area (Å²) in [5, 5.41) is 3.30. The normalized spacial score (nSPS) is 21.8. The van der Waals surface area contributed by atoms with Gasteiger partial charge in [-0.15, -0.1) is 0 Å². The molecule has 0 spiro atoms. The average molecular weight is 252 g/mol. The van der Waals surface area contributed by atoms with E-state index in [9.17, 15) is 9.00 Å². The lowest BCUT2D eigenvalue weighted by molar-refractivity contribution is -0.114. The Balaban J connectivity index is 2.25. The maximum absolute atomic E-state index is 11.1. The summed E-state index contributed by atoms with van der Waals surface area (Å²) in [5.74, 6) is 0.00976. The van der Waals surface area contributed by atoms with Crippen molar-refractivity contribution in [1.29, 1.82) is 0 Å². The van der Waals surface area contributed by atoms with Crippen molar-refractivity contribution in [3.05, 3.63) is 23.3 Å². The van der Waals surface area contributed by atoms with Gasteiger partial charge in [0.2, 0.25) is 5.91 Å². The van der Waals surface area contributed by atoms with Gasteiger partial charge >= 0.3 is 0 Å². The molecule has 0 aromatic heterocycles. The van der Waals surface area contributed by atoms with Gasteiger partial charge in [-0.25, -0.2) is 4.21 Å². The quantitative estimate of drug-likeness (QED) is 0.685. The molecule has 0 aromatic carbocycles. The van der Waals surface area contributed by atoms with Gasteiger partial charge in [-0.1, -0.05) is 12.2 Å². The van der Waals surface area contributed by atoms with Crippen molar-refractivity contribution in [2.45, 2.75) is 19.3 Å². The van der Waals surface area contributed by atoms with Crippen LogP contribution in [0.3, 0.4) is 0 Å². The number of piperidine rings is 1. The predicted molar refractivity (Wildman–Crippen MR) is 68.7 cm³/mol. The van der Waals surface area contributed by atoms with Crippen LogP contribution in [0.4, 0.5) is 0 Å². The van der Waals surface area contributed by atoms with E-state index in [0.29, 0.717) is 29.2 Å². The summed E-state index contributed by atoms with van der Waals surface area (Å²) >= 11 is 0.498. The third-order valence-corrected chi connectivity index (χ3v) is 3.91. The van der Waals surface area contributed by atoms with E-state index in [1.165, 1.54) is 0 Å². The van der Waals surface area contributed by atoms with Crippen LogP contribution in [0, 0.1) is 5.92 Å². The zero-order valence-electron chi connectivity index (χ0n) is 9.57. The van der Waals surface area contributed by atoms with Gasteiger partial charge in [-0.2, -0.15) is 0 Å². The van der Waals surface area contributed by atoms with E-state index in [4.69, 9.17) is 5.73 Å². The molecule has 92 valence electrons. The monoisotopic (exact) mass is 252 g/mol. The summed E-state index contributed by atoms with van der Waals surface area (Å²) in [6.07, 6.45) is 6.17. The van der Waals surface area contributed by atoms with Crippen LogP contribution in [0.1, 0.15) is 19.3 Å². The summed E-state index contributed by atoms with van der Waals surface area (Å²) < 4.78 is 11.1. The fraction of sp³-hybridized carbons (Fsp3) is 0.500. The maximum atomic E-state index is 11.1. The topological polar surface area (TPSA) is 72.2 Å². The number of allylic oxidation sites excluding steroid dienone is 3. The Bertz CT molecular complexity index is 441. The molecule has 0 unspecified atom stereocenters. The number of hydrogen-bond acceptors (Lipinski definition) is 3. The summed E-state index contributed by atoms with van der Waals surface area (Å²) in [7, 11) is 0. The van der Waals surface area contributed by atoms with Crippen LogP contribution in [-0.4, -0.2) is 28.1 Å². The highest BCUT2D eigenvalue weighted by molar-refractivity contribution is 7.67. The Labute approximate surface area is 104 Å². The van der Waals surface area contributed by atoms with Crippen LogP contribution in [0.15, 0.2) is 23.3 Å². The number of nitrogens with one attached hydrogen (secondary N) is 1. The van der Waals surface area contributed by atoms with Crippen LogP contribution in [0.2, 0.25) is 0 Å². The molecule has 1 aliphatic carbocycles. The molecule has 1 aliphatic heterocycles. The Morgan fingerprint density at radius 1 is 1.35 bits per heavy atom. The number of carbonyl (C=O) groups is 1.